The molecule has 0 saturated carbocycles. The van der Waals surface area contributed by atoms with E-state index in [1.165, 1.54) is 25.4 Å². The predicted octanol–water partition coefficient (Wildman–Crippen LogP) is 1.40. The standard InChI is InChI=1S/C18H14N4O4/c1-22-17(24)14-5-3-2-4-13(14)15(21-22)16(23)20-19-10-11-6-8-12(9-7-11)18(25)26/h2-10H,1H3,(H,20,23)(H,25,26)/b19-10+. The highest BCUT2D eigenvalue weighted by molar-refractivity contribution is 6.05. The Balaban J connectivity index is 1.82. The van der Waals surface area contributed by atoms with Gasteiger partial charge in [0.15, 0.2) is 5.69 Å². The van der Waals surface area contributed by atoms with Gasteiger partial charge in [-0.2, -0.15) is 10.2 Å². The van der Waals surface area contributed by atoms with E-state index in [1.54, 1.807) is 36.4 Å². The Bertz CT molecular complexity index is 1080. The van der Waals surface area contributed by atoms with Gasteiger partial charge in [0.25, 0.3) is 11.5 Å². The number of carbonyl (C=O) groups is 2. The van der Waals surface area contributed by atoms with Crippen molar-refractivity contribution in [2.45, 2.75) is 0 Å². The molecule has 1 amide bonds. The Morgan fingerprint density at radius 3 is 2.42 bits per heavy atom. The van der Waals surface area contributed by atoms with Gasteiger partial charge in [0.05, 0.1) is 17.2 Å². The number of carboxylic acids is 1. The number of aromatic carboxylic acids is 1. The normalized spacial score (nSPS) is 11.0. The second-order valence-electron chi connectivity index (χ2n) is 5.45. The molecular formula is C18H14N4O4. The van der Waals surface area contributed by atoms with E-state index in [0.717, 1.165) is 4.68 Å². The van der Waals surface area contributed by atoms with E-state index < -0.39 is 11.9 Å². The fraction of sp³-hybridized carbons (Fsp3) is 0.0556. The fourth-order valence-corrected chi connectivity index (χ4v) is 2.40. The minimum Gasteiger partial charge on any atom is -0.478 e. The average molecular weight is 350 g/mol. The first kappa shape index (κ1) is 17.0. The third-order valence-electron chi connectivity index (χ3n) is 3.71. The van der Waals surface area contributed by atoms with Crippen LogP contribution in [-0.2, 0) is 7.05 Å². The number of carboxylic acid groups (broad SMARTS) is 1. The summed E-state index contributed by atoms with van der Waals surface area (Å²) in [6, 6.07) is 12.7. The number of amides is 1. The van der Waals surface area contributed by atoms with Gasteiger partial charge in [0.1, 0.15) is 0 Å². The van der Waals surface area contributed by atoms with Gasteiger partial charge in [-0.3, -0.25) is 9.59 Å². The molecule has 0 fully saturated rings. The molecule has 1 heterocycles. The molecule has 0 atom stereocenters. The molecule has 1 aromatic heterocycles. The molecule has 2 aromatic carbocycles. The summed E-state index contributed by atoms with van der Waals surface area (Å²) in [4.78, 5) is 35.3. The average Bonchev–Trinajstić information content (AvgIpc) is 2.65. The van der Waals surface area contributed by atoms with E-state index in [-0.39, 0.29) is 16.8 Å². The number of hydrogen-bond acceptors (Lipinski definition) is 5. The van der Waals surface area contributed by atoms with E-state index in [9.17, 15) is 14.4 Å². The number of nitrogens with zero attached hydrogens (tertiary/aromatic N) is 3. The largest absolute Gasteiger partial charge is 0.478 e. The van der Waals surface area contributed by atoms with Crippen LogP contribution in [0.1, 0.15) is 26.4 Å². The number of nitrogens with one attached hydrogen (secondary N) is 1. The Kier molecular flexibility index (Phi) is 4.57. The molecule has 0 aliphatic rings. The van der Waals surface area contributed by atoms with Crippen LogP contribution in [0.3, 0.4) is 0 Å². The van der Waals surface area contributed by atoms with E-state index in [2.05, 4.69) is 15.6 Å². The molecule has 8 nitrogen and oxygen atoms in total. The number of rotatable bonds is 4. The third kappa shape index (κ3) is 3.34. The maximum absolute atomic E-state index is 12.4. The molecule has 0 aliphatic heterocycles. The summed E-state index contributed by atoms with van der Waals surface area (Å²) in [5, 5.41) is 17.6. The molecular weight excluding hydrogens is 336 g/mol. The van der Waals surface area contributed by atoms with Gasteiger partial charge < -0.3 is 5.11 Å². The van der Waals surface area contributed by atoms with Crippen LogP contribution in [0.4, 0.5) is 0 Å². The Morgan fingerprint density at radius 2 is 1.77 bits per heavy atom. The lowest BCUT2D eigenvalue weighted by atomic mass is 10.1. The molecule has 26 heavy (non-hydrogen) atoms. The predicted molar refractivity (Wildman–Crippen MR) is 95.4 cm³/mol. The van der Waals surface area contributed by atoms with Crippen LogP contribution in [0.2, 0.25) is 0 Å². The second kappa shape index (κ2) is 6.98. The highest BCUT2D eigenvalue weighted by Crippen LogP contribution is 2.12. The summed E-state index contributed by atoms with van der Waals surface area (Å²) in [6.07, 6.45) is 1.38. The molecule has 2 N–H and O–H groups in total. The van der Waals surface area contributed by atoms with Crippen LogP contribution in [0.15, 0.2) is 58.4 Å². The molecule has 0 aliphatic carbocycles. The molecule has 3 aromatic rings. The maximum Gasteiger partial charge on any atom is 0.335 e. The van der Waals surface area contributed by atoms with Crippen molar-refractivity contribution < 1.29 is 14.7 Å². The zero-order valence-electron chi connectivity index (χ0n) is 13.7. The third-order valence-corrected chi connectivity index (χ3v) is 3.71. The summed E-state index contributed by atoms with van der Waals surface area (Å²) < 4.78 is 1.10. The highest BCUT2D eigenvalue weighted by atomic mass is 16.4. The number of aromatic nitrogens is 2. The van der Waals surface area contributed by atoms with Crippen molar-refractivity contribution >= 4 is 28.9 Å². The smallest absolute Gasteiger partial charge is 0.335 e. The van der Waals surface area contributed by atoms with E-state index in [1.807, 2.05) is 0 Å². The quantitative estimate of drug-likeness (QED) is 0.545. The topological polar surface area (TPSA) is 114 Å². The summed E-state index contributed by atoms with van der Waals surface area (Å²) in [5.41, 5.74) is 2.93. The van der Waals surface area contributed by atoms with Gasteiger partial charge >= 0.3 is 5.97 Å². The Labute approximate surface area is 147 Å². The molecule has 0 radical (unpaired) electrons. The zero-order valence-corrected chi connectivity index (χ0v) is 13.7. The number of carbonyl (C=O) groups excluding carboxylic acids is 1. The molecule has 0 saturated heterocycles. The minimum absolute atomic E-state index is 0.0843. The van der Waals surface area contributed by atoms with Gasteiger partial charge in [-0.1, -0.05) is 30.3 Å². The van der Waals surface area contributed by atoms with Gasteiger partial charge in [-0.15, -0.1) is 0 Å². The monoisotopic (exact) mass is 350 g/mol. The number of hydrogen-bond donors (Lipinski definition) is 2. The maximum atomic E-state index is 12.4. The zero-order chi connectivity index (χ0) is 18.7. The van der Waals surface area contributed by atoms with Crippen LogP contribution < -0.4 is 11.0 Å². The van der Waals surface area contributed by atoms with Crippen LogP contribution in [0.25, 0.3) is 10.8 Å². The lowest BCUT2D eigenvalue weighted by Gasteiger charge is -2.06. The van der Waals surface area contributed by atoms with Crippen molar-refractivity contribution in [2.24, 2.45) is 12.1 Å². The molecule has 0 spiro atoms. The first-order valence-electron chi connectivity index (χ1n) is 7.60. The first-order chi connectivity index (χ1) is 12.5. The summed E-state index contributed by atoms with van der Waals surface area (Å²) >= 11 is 0. The van der Waals surface area contributed by atoms with Crippen LogP contribution in [-0.4, -0.2) is 33.0 Å². The summed E-state index contributed by atoms with van der Waals surface area (Å²) in [5.74, 6) is -1.58. The van der Waals surface area contributed by atoms with Crippen molar-refractivity contribution in [3.63, 3.8) is 0 Å². The molecule has 0 unspecified atom stereocenters. The lowest BCUT2D eigenvalue weighted by Crippen LogP contribution is -2.27. The summed E-state index contributed by atoms with van der Waals surface area (Å²) in [6.45, 7) is 0. The van der Waals surface area contributed by atoms with Crippen LogP contribution in [0, 0.1) is 0 Å². The van der Waals surface area contributed by atoms with Crippen molar-refractivity contribution in [1.29, 1.82) is 0 Å². The first-order valence-corrected chi connectivity index (χ1v) is 7.60. The fourth-order valence-electron chi connectivity index (χ4n) is 2.40. The SMILES string of the molecule is Cn1nc(C(=O)N/N=C/c2ccc(C(=O)O)cc2)c2ccccc2c1=O. The van der Waals surface area contributed by atoms with Gasteiger partial charge in [-0.25, -0.2) is 14.9 Å². The minimum atomic E-state index is -1.02. The number of hydrazone groups is 1. The van der Waals surface area contributed by atoms with E-state index in [4.69, 9.17) is 5.11 Å². The summed E-state index contributed by atoms with van der Waals surface area (Å²) in [7, 11) is 1.47. The number of benzene rings is 2. The van der Waals surface area contributed by atoms with Crippen molar-refractivity contribution in [1.82, 2.24) is 15.2 Å². The molecule has 130 valence electrons. The molecule has 3 rings (SSSR count). The van der Waals surface area contributed by atoms with Gasteiger partial charge in [0.2, 0.25) is 0 Å². The molecule has 0 bridgehead atoms. The van der Waals surface area contributed by atoms with Crippen molar-refractivity contribution in [2.75, 3.05) is 0 Å². The van der Waals surface area contributed by atoms with Crippen molar-refractivity contribution in [3.8, 4) is 0 Å². The number of aryl methyl sites for hydroxylation is 1. The lowest BCUT2D eigenvalue weighted by molar-refractivity contribution is 0.0696. The Hall–Kier alpha value is -3.81. The van der Waals surface area contributed by atoms with Crippen molar-refractivity contribution in [3.05, 3.63) is 75.7 Å². The highest BCUT2D eigenvalue weighted by Gasteiger charge is 2.14. The van der Waals surface area contributed by atoms with Gasteiger partial charge in [0, 0.05) is 12.4 Å². The second-order valence-corrected chi connectivity index (χ2v) is 5.45. The van der Waals surface area contributed by atoms with Crippen LogP contribution >= 0.6 is 0 Å². The van der Waals surface area contributed by atoms with Crippen LogP contribution in [0.5, 0.6) is 0 Å². The number of fused-ring (bicyclic) bond motifs is 1. The van der Waals surface area contributed by atoms with E-state index >= 15 is 0 Å². The molecule has 8 heteroatoms. The van der Waals surface area contributed by atoms with E-state index in [0.29, 0.717) is 16.3 Å². The Morgan fingerprint density at radius 1 is 1.12 bits per heavy atom. The van der Waals surface area contributed by atoms with Gasteiger partial charge in [-0.05, 0) is 23.8 Å².